The van der Waals surface area contributed by atoms with Gasteiger partial charge in [0.15, 0.2) is 0 Å². The van der Waals surface area contributed by atoms with Crippen molar-refractivity contribution in [2.24, 2.45) is 0 Å². The fourth-order valence-corrected chi connectivity index (χ4v) is 3.24. The standard InChI is InChI=1S/C22H24N4O3/c1-16(27)22-23-9-10-26(22)14-20-12-21(29-25-20)7-6-17-2-4-18(5-3-17)13-24-19-8-11-28-15-19/h2-5,9-10,12,16,19,24,27H,8,11,13-15H2,1H3/t16?,19-/m0/s1. The molecule has 0 bridgehead atoms. The number of aliphatic hydroxyl groups excluding tert-OH is 1. The molecular formula is C22H24N4O3. The normalized spacial score (nSPS) is 17.1. The zero-order chi connectivity index (χ0) is 20.1. The second kappa shape index (κ2) is 9.05. The van der Waals surface area contributed by atoms with Crippen molar-refractivity contribution < 1.29 is 14.4 Å². The number of aliphatic hydroxyl groups is 1. The summed E-state index contributed by atoms with van der Waals surface area (Å²) >= 11 is 0. The van der Waals surface area contributed by atoms with Crippen LogP contribution in [-0.2, 0) is 17.8 Å². The predicted octanol–water partition coefficient (Wildman–Crippen LogP) is 2.25. The third kappa shape index (κ3) is 5.12. The number of imidazole rings is 1. The van der Waals surface area contributed by atoms with Gasteiger partial charge in [-0.1, -0.05) is 23.2 Å². The smallest absolute Gasteiger partial charge is 0.210 e. The minimum Gasteiger partial charge on any atom is -0.385 e. The number of hydrogen-bond acceptors (Lipinski definition) is 6. The van der Waals surface area contributed by atoms with E-state index in [9.17, 15) is 5.11 Å². The van der Waals surface area contributed by atoms with Gasteiger partial charge < -0.3 is 24.3 Å². The molecule has 3 heterocycles. The van der Waals surface area contributed by atoms with Gasteiger partial charge >= 0.3 is 0 Å². The average molecular weight is 392 g/mol. The molecule has 7 nitrogen and oxygen atoms in total. The molecule has 4 rings (SSSR count). The maximum absolute atomic E-state index is 9.74. The Kier molecular flexibility index (Phi) is 6.06. The molecule has 29 heavy (non-hydrogen) atoms. The van der Waals surface area contributed by atoms with Crippen LogP contribution >= 0.6 is 0 Å². The van der Waals surface area contributed by atoms with Crippen LogP contribution in [-0.4, -0.2) is 39.1 Å². The number of benzene rings is 1. The van der Waals surface area contributed by atoms with E-state index in [4.69, 9.17) is 9.26 Å². The first-order valence-corrected chi connectivity index (χ1v) is 9.74. The maximum atomic E-state index is 9.74. The number of nitrogens with one attached hydrogen (secondary N) is 1. The van der Waals surface area contributed by atoms with Crippen LogP contribution in [0.15, 0.2) is 47.2 Å². The first-order chi connectivity index (χ1) is 14.2. The van der Waals surface area contributed by atoms with Gasteiger partial charge in [0.25, 0.3) is 0 Å². The third-order valence-corrected chi connectivity index (χ3v) is 4.82. The third-order valence-electron chi connectivity index (χ3n) is 4.82. The van der Waals surface area contributed by atoms with E-state index in [0.717, 1.165) is 37.4 Å². The quantitative estimate of drug-likeness (QED) is 0.626. The Hall–Kier alpha value is -2.92. The van der Waals surface area contributed by atoms with Gasteiger partial charge in [-0.3, -0.25) is 0 Å². The predicted molar refractivity (Wildman–Crippen MR) is 107 cm³/mol. The molecule has 0 amide bonds. The summed E-state index contributed by atoms with van der Waals surface area (Å²) in [6.45, 7) is 4.63. The molecule has 150 valence electrons. The van der Waals surface area contributed by atoms with Gasteiger partial charge in [-0.15, -0.1) is 0 Å². The fourth-order valence-electron chi connectivity index (χ4n) is 3.24. The van der Waals surface area contributed by atoms with Gasteiger partial charge in [0.05, 0.1) is 13.2 Å². The Morgan fingerprint density at radius 3 is 2.93 bits per heavy atom. The van der Waals surface area contributed by atoms with Crippen LogP contribution in [0.4, 0.5) is 0 Å². The van der Waals surface area contributed by atoms with E-state index in [0.29, 0.717) is 24.2 Å². The van der Waals surface area contributed by atoms with E-state index >= 15 is 0 Å². The summed E-state index contributed by atoms with van der Waals surface area (Å²) in [6.07, 6.45) is 3.90. The number of hydrogen-bond donors (Lipinski definition) is 2. The minimum absolute atomic E-state index is 0.453. The molecule has 0 aliphatic carbocycles. The highest BCUT2D eigenvalue weighted by molar-refractivity contribution is 5.40. The molecule has 1 saturated heterocycles. The van der Waals surface area contributed by atoms with Crippen molar-refractivity contribution in [1.29, 1.82) is 0 Å². The van der Waals surface area contributed by atoms with Gasteiger partial charge in [-0.2, -0.15) is 0 Å². The van der Waals surface area contributed by atoms with Crippen LogP contribution in [0.1, 0.15) is 47.9 Å². The molecule has 7 heteroatoms. The molecular weight excluding hydrogens is 368 g/mol. The van der Waals surface area contributed by atoms with Crippen molar-refractivity contribution in [1.82, 2.24) is 20.0 Å². The fraction of sp³-hybridized carbons (Fsp3) is 0.364. The first-order valence-electron chi connectivity index (χ1n) is 9.74. The molecule has 0 radical (unpaired) electrons. The van der Waals surface area contributed by atoms with Crippen molar-refractivity contribution in [2.45, 2.75) is 38.6 Å². The molecule has 3 aromatic rings. The van der Waals surface area contributed by atoms with Crippen molar-refractivity contribution in [3.8, 4) is 11.8 Å². The average Bonchev–Trinajstić information content (AvgIpc) is 3.48. The molecule has 0 saturated carbocycles. The summed E-state index contributed by atoms with van der Waals surface area (Å²) in [6, 6.07) is 10.4. The van der Waals surface area contributed by atoms with E-state index in [1.165, 1.54) is 5.56 Å². The van der Waals surface area contributed by atoms with Gasteiger partial charge in [-0.25, -0.2) is 4.98 Å². The molecule has 1 aliphatic rings. The van der Waals surface area contributed by atoms with Gasteiger partial charge in [0, 0.05) is 43.2 Å². The Morgan fingerprint density at radius 2 is 2.17 bits per heavy atom. The summed E-state index contributed by atoms with van der Waals surface area (Å²) < 4.78 is 12.5. The molecule has 2 aromatic heterocycles. The van der Waals surface area contributed by atoms with Gasteiger partial charge in [0.1, 0.15) is 17.6 Å². The second-order valence-corrected chi connectivity index (χ2v) is 7.16. The van der Waals surface area contributed by atoms with E-state index in [-0.39, 0.29) is 0 Å². The lowest BCUT2D eigenvalue weighted by molar-refractivity contribution is 0.184. The van der Waals surface area contributed by atoms with Crippen LogP contribution < -0.4 is 5.32 Å². The van der Waals surface area contributed by atoms with E-state index in [1.54, 1.807) is 25.4 Å². The van der Waals surface area contributed by atoms with E-state index in [2.05, 4.69) is 39.4 Å². The zero-order valence-corrected chi connectivity index (χ0v) is 16.3. The zero-order valence-electron chi connectivity index (χ0n) is 16.3. The van der Waals surface area contributed by atoms with Crippen molar-refractivity contribution in [2.75, 3.05) is 13.2 Å². The SMILES string of the molecule is CC(O)c1nccn1Cc1cc(C#Cc2ccc(CN[C@H]3CCOC3)cc2)on1. The first kappa shape index (κ1) is 19.4. The van der Waals surface area contributed by atoms with Gasteiger partial charge in [0.2, 0.25) is 5.76 Å². The van der Waals surface area contributed by atoms with Crippen LogP contribution in [0, 0.1) is 11.8 Å². The molecule has 1 aromatic carbocycles. The van der Waals surface area contributed by atoms with Crippen LogP contribution in [0.25, 0.3) is 0 Å². The topological polar surface area (TPSA) is 85.3 Å². The number of ether oxygens (including phenoxy) is 1. The lowest BCUT2D eigenvalue weighted by Crippen LogP contribution is -2.28. The molecule has 0 spiro atoms. The molecule has 1 aliphatic heterocycles. The van der Waals surface area contributed by atoms with Crippen LogP contribution in [0.3, 0.4) is 0 Å². The lowest BCUT2D eigenvalue weighted by atomic mass is 10.1. The summed E-state index contributed by atoms with van der Waals surface area (Å²) in [5.74, 6) is 7.21. The Labute approximate surface area is 169 Å². The van der Waals surface area contributed by atoms with Crippen molar-refractivity contribution in [3.63, 3.8) is 0 Å². The summed E-state index contributed by atoms with van der Waals surface area (Å²) in [7, 11) is 0. The highest BCUT2D eigenvalue weighted by Crippen LogP contribution is 2.13. The van der Waals surface area contributed by atoms with Crippen LogP contribution in [0.5, 0.6) is 0 Å². The van der Waals surface area contributed by atoms with Crippen molar-refractivity contribution >= 4 is 0 Å². The summed E-state index contributed by atoms with van der Waals surface area (Å²) in [5.41, 5.74) is 2.87. The summed E-state index contributed by atoms with van der Waals surface area (Å²) in [4.78, 5) is 4.15. The second-order valence-electron chi connectivity index (χ2n) is 7.16. The van der Waals surface area contributed by atoms with Crippen LogP contribution in [0.2, 0.25) is 0 Å². The Bertz CT molecular complexity index is 989. The lowest BCUT2D eigenvalue weighted by Gasteiger charge is -2.10. The number of nitrogens with zero attached hydrogens (tertiary/aromatic N) is 3. The monoisotopic (exact) mass is 392 g/mol. The summed E-state index contributed by atoms with van der Waals surface area (Å²) in [5, 5.41) is 17.3. The molecule has 2 atom stereocenters. The largest absolute Gasteiger partial charge is 0.385 e. The Morgan fingerprint density at radius 1 is 1.31 bits per heavy atom. The Balaban J connectivity index is 1.35. The maximum Gasteiger partial charge on any atom is 0.210 e. The van der Waals surface area contributed by atoms with E-state index < -0.39 is 6.10 Å². The highest BCUT2D eigenvalue weighted by atomic mass is 16.5. The highest BCUT2D eigenvalue weighted by Gasteiger charge is 2.14. The van der Waals surface area contributed by atoms with Gasteiger partial charge in [-0.05, 0) is 37.0 Å². The molecule has 1 unspecified atom stereocenters. The number of rotatable bonds is 6. The molecule has 2 N–H and O–H groups in total. The van der Waals surface area contributed by atoms with E-state index in [1.807, 2.05) is 16.7 Å². The minimum atomic E-state index is -0.638. The van der Waals surface area contributed by atoms with Crippen molar-refractivity contribution in [3.05, 3.63) is 71.1 Å². The molecule has 1 fully saturated rings. The number of aromatic nitrogens is 3.